The van der Waals surface area contributed by atoms with Crippen LogP contribution in [-0.4, -0.2) is 21.7 Å². The number of carbonyl (C=O) groups is 1. The fourth-order valence-corrected chi connectivity index (χ4v) is 3.06. The SMILES string of the molecule is Cn1nc(C(=O)N[C@@H]2C[C@H]2c2cccc(F)c2)cc1C1CC1. The number of hydrogen-bond donors (Lipinski definition) is 1. The van der Waals surface area contributed by atoms with Gasteiger partial charge in [-0.05, 0) is 43.0 Å². The van der Waals surface area contributed by atoms with Crippen molar-refractivity contribution < 1.29 is 9.18 Å². The zero-order valence-corrected chi connectivity index (χ0v) is 12.4. The molecule has 0 saturated heterocycles. The van der Waals surface area contributed by atoms with Crippen molar-refractivity contribution in [2.75, 3.05) is 0 Å². The molecule has 1 aromatic heterocycles. The lowest BCUT2D eigenvalue weighted by Gasteiger charge is -2.03. The monoisotopic (exact) mass is 299 g/mol. The third kappa shape index (κ3) is 2.51. The van der Waals surface area contributed by atoms with E-state index in [0.717, 1.165) is 17.7 Å². The average Bonchev–Trinajstić information content (AvgIpc) is 3.39. The van der Waals surface area contributed by atoms with E-state index in [4.69, 9.17) is 0 Å². The number of carbonyl (C=O) groups excluding carboxylic acids is 1. The van der Waals surface area contributed by atoms with Crippen molar-refractivity contribution in [2.45, 2.75) is 37.1 Å². The summed E-state index contributed by atoms with van der Waals surface area (Å²) in [5.74, 6) is 0.422. The van der Waals surface area contributed by atoms with Crippen LogP contribution in [0.2, 0.25) is 0 Å². The lowest BCUT2D eigenvalue weighted by molar-refractivity contribution is 0.0944. The molecule has 1 N–H and O–H groups in total. The van der Waals surface area contributed by atoms with Crippen molar-refractivity contribution in [3.63, 3.8) is 0 Å². The number of rotatable bonds is 4. The van der Waals surface area contributed by atoms with E-state index >= 15 is 0 Å². The number of amides is 1. The van der Waals surface area contributed by atoms with Crippen molar-refractivity contribution >= 4 is 5.91 Å². The molecule has 2 saturated carbocycles. The van der Waals surface area contributed by atoms with Crippen LogP contribution in [0.3, 0.4) is 0 Å². The molecule has 0 unspecified atom stereocenters. The van der Waals surface area contributed by atoms with Crippen molar-refractivity contribution in [1.82, 2.24) is 15.1 Å². The Balaban J connectivity index is 1.42. The molecule has 1 heterocycles. The Kier molecular flexibility index (Phi) is 3.03. The summed E-state index contributed by atoms with van der Waals surface area (Å²) in [4.78, 5) is 12.3. The standard InChI is InChI=1S/C17H18FN3O/c1-21-16(10-5-6-10)9-15(20-21)17(22)19-14-8-13(14)11-3-2-4-12(18)7-11/h2-4,7,9-10,13-14H,5-6,8H2,1H3,(H,19,22)/t13-,14+/m0/s1. The van der Waals surface area contributed by atoms with Crippen molar-refractivity contribution in [1.29, 1.82) is 0 Å². The molecule has 2 atom stereocenters. The highest BCUT2D eigenvalue weighted by atomic mass is 19.1. The number of hydrogen-bond acceptors (Lipinski definition) is 2. The van der Waals surface area contributed by atoms with E-state index in [2.05, 4.69) is 10.4 Å². The number of halogens is 1. The molecule has 0 spiro atoms. The Morgan fingerprint density at radius 1 is 1.36 bits per heavy atom. The maximum Gasteiger partial charge on any atom is 0.272 e. The van der Waals surface area contributed by atoms with Gasteiger partial charge >= 0.3 is 0 Å². The number of nitrogens with one attached hydrogen (secondary N) is 1. The molecule has 0 radical (unpaired) electrons. The summed E-state index contributed by atoms with van der Waals surface area (Å²) in [5.41, 5.74) is 2.57. The summed E-state index contributed by atoms with van der Waals surface area (Å²) in [5, 5.41) is 7.31. The Labute approximate surface area is 128 Å². The lowest BCUT2D eigenvalue weighted by atomic mass is 10.1. The first kappa shape index (κ1) is 13.5. The highest BCUT2D eigenvalue weighted by Crippen LogP contribution is 2.42. The number of nitrogens with zero attached hydrogens (tertiary/aromatic N) is 2. The van der Waals surface area contributed by atoms with Crippen LogP contribution in [0.25, 0.3) is 0 Å². The molecule has 0 bridgehead atoms. The van der Waals surface area contributed by atoms with Gasteiger partial charge in [0.25, 0.3) is 5.91 Å². The van der Waals surface area contributed by atoms with Crippen LogP contribution >= 0.6 is 0 Å². The van der Waals surface area contributed by atoms with Crippen molar-refractivity contribution in [3.8, 4) is 0 Å². The Morgan fingerprint density at radius 3 is 2.91 bits per heavy atom. The van der Waals surface area contributed by atoms with Gasteiger partial charge in [-0.25, -0.2) is 4.39 Å². The maximum absolute atomic E-state index is 13.2. The summed E-state index contributed by atoms with van der Waals surface area (Å²) >= 11 is 0. The van der Waals surface area contributed by atoms with Crippen LogP contribution in [0.1, 0.15) is 52.8 Å². The Bertz CT molecular complexity index is 735. The first-order valence-electron chi connectivity index (χ1n) is 7.72. The molecule has 114 valence electrons. The van der Waals surface area contributed by atoms with E-state index < -0.39 is 0 Å². The van der Waals surface area contributed by atoms with Gasteiger partial charge < -0.3 is 5.32 Å². The summed E-state index contributed by atoms with van der Waals surface area (Å²) in [6, 6.07) is 8.58. The molecule has 2 aliphatic rings. The van der Waals surface area contributed by atoms with Gasteiger partial charge in [0.1, 0.15) is 11.5 Å². The highest BCUT2D eigenvalue weighted by molar-refractivity contribution is 5.93. The quantitative estimate of drug-likeness (QED) is 0.943. The van der Waals surface area contributed by atoms with E-state index in [1.54, 1.807) is 12.1 Å². The van der Waals surface area contributed by atoms with Crippen LogP contribution in [0.4, 0.5) is 4.39 Å². The largest absolute Gasteiger partial charge is 0.347 e. The first-order valence-corrected chi connectivity index (χ1v) is 7.72. The molecule has 2 aromatic rings. The lowest BCUT2D eigenvalue weighted by Crippen LogP contribution is -2.27. The van der Waals surface area contributed by atoms with Crippen molar-refractivity contribution in [2.24, 2.45) is 7.05 Å². The number of benzene rings is 1. The predicted molar refractivity (Wildman–Crippen MR) is 80.2 cm³/mol. The van der Waals surface area contributed by atoms with Crippen molar-refractivity contribution in [3.05, 3.63) is 53.1 Å². The van der Waals surface area contributed by atoms with Gasteiger partial charge in [0, 0.05) is 30.6 Å². The van der Waals surface area contributed by atoms with Gasteiger partial charge in [0.2, 0.25) is 0 Å². The van der Waals surface area contributed by atoms with Crippen LogP contribution in [-0.2, 0) is 7.05 Å². The maximum atomic E-state index is 13.2. The van der Waals surface area contributed by atoms with E-state index in [1.807, 2.05) is 23.9 Å². The predicted octanol–water partition coefficient (Wildman–Crippen LogP) is 2.72. The summed E-state index contributed by atoms with van der Waals surface area (Å²) in [6.45, 7) is 0. The molecule has 22 heavy (non-hydrogen) atoms. The summed E-state index contributed by atoms with van der Waals surface area (Å²) in [6.07, 6.45) is 3.23. The molecule has 4 rings (SSSR count). The molecule has 1 aromatic carbocycles. The molecule has 2 aliphatic carbocycles. The third-order valence-electron chi connectivity index (χ3n) is 4.53. The second-order valence-corrected chi connectivity index (χ2v) is 6.33. The van der Waals surface area contributed by atoms with Crippen LogP contribution in [0.5, 0.6) is 0 Å². The normalized spacial score (nSPS) is 23.4. The average molecular weight is 299 g/mol. The number of aromatic nitrogens is 2. The van der Waals surface area contributed by atoms with Gasteiger partial charge in [0.15, 0.2) is 0 Å². The van der Waals surface area contributed by atoms with Gasteiger partial charge in [-0.1, -0.05) is 12.1 Å². The minimum absolute atomic E-state index is 0.0840. The van der Waals surface area contributed by atoms with Crippen LogP contribution in [0.15, 0.2) is 30.3 Å². The van der Waals surface area contributed by atoms with Gasteiger partial charge in [0.05, 0.1) is 0 Å². The molecule has 5 heteroatoms. The van der Waals surface area contributed by atoms with Gasteiger partial charge in [-0.3, -0.25) is 9.48 Å². The van der Waals surface area contributed by atoms with Gasteiger partial charge in [-0.2, -0.15) is 5.10 Å². The number of aryl methyl sites for hydroxylation is 1. The van der Waals surface area contributed by atoms with E-state index in [9.17, 15) is 9.18 Å². The molecule has 0 aliphatic heterocycles. The second kappa shape index (κ2) is 4.93. The molecule has 4 nitrogen and oxygen atoms in total. The third-order valence-corrected chi connectivity index (χ3v) is 4.53. The molecule has 2 fully saturated rings. The second-order valence-electron chi connectivity index (χ2n) is 6.33. The van der Waals surface area contributed by atoms with E-state index in [-0.39, 0.29) is 23.7 Å². The van der Waals surface area contributed by atoms with E-state index in [0.29, 0.717) is 11.6 Å². The minimum Gasteiger partial charge on any atom is -0.347 e. The molecule has 1 amide bonds. The molecular formula is C17H18FN3O. The first-order chi connectivity index (χ1) is 10.6. The summed E-state index contributed by atoms with van der Waals surface area (Å²) in [7, 11) is 1.89. The fourth-order valence-electron chi connectivity index (χ4n) is 3.06. The highest BCUT2D eigenvalue weighted by Gasteiger charge is 2.40. The smallest absolute Gasteiger partial charge is 0.272 e. The van der Waals surface area contributed by atoms with Crippen LogP contribution < -0.4 is 5.32 Å². The molecular weight excluding hydrogens is 281 g/mol. The minimum atomic E-state index is -0.228. The van der Waals surface area contributed by atoms with E-state index in [1.165, 1.54) is 18.9 Å². The topological polar surface area (TPSA) is 46.9 Å². The summed E-state index contributed by atoms with van der Waals surface area (Å²) < 4.78 is 15.0. The van der Waals surface area contributed by atoms with Gasteiger partial charge in [-0.15, -0.1) is 0 Å². The van der Waals surface area contributed by atoms with Crippen LogP contribution in [0, 0.1) is 5.82 Å². The zero-order valence-electron chi connectivity index (χ0n) is 12.4. The fraction of sp³-hybridized carbons (Fsp3) is 0.412. The Morgan fingerprint density at radius 2 is 2.18 bits per heavy atom. The zero-order chi connectivity index (χ0) is 15.3. The Hall–Kier alpha value is -2.17.